The number of hydrogen-bond acceptors (Lipinski definition) is 5. The maximum Gasteiger partial charge on any atom is 0.244 e. The molecule has 2 aromatic rings. The largest absolute Gasteiger partial charge is 0.379 e. The smallest absolute Gasteiger partial charge is 0.244 e. The Kier molecular flexibility index (Phi) is 8.51. The molecule has 0 bridgehead atoms. The van der Waals surface area contributed by atoms with Crippen molar-refractivity contribution in [1.29, 1.82) is 0 Å². The van der Waals surface area contributed by atoms with Crippen molar-refractivity contribution >= 4 is 21.6 Å². The molecule has 1 atom stereocenters. The predicted octanol–water partition coefficient (Wildman–Crippen LogP) is 3.00. The molecule has 1 fully saturated rings. The van der Waals surface area contributed by atoms with Gasteiger partial charge in [0.2, 0.25) is 15.9 Å². The molecule has 33 heavy (non-hydrogen) atoms. The number of rotatable bonds is 9. The number of amides is 1. The molecule has 3 rings (SSSR count). The van der Waals surface area contributed by atoms with Crippen LogP contribution in [0.1, 0.15) is 35.6 Å². The van der Waals surface area contributed by atoms with Gasteiger partial charge in [0.1, 0.15) is 6.04 Å². The van der Waals surface area contributed by atoms with Crippen LogP contribution in [0.5, 0.6) is 0 Å². The first-order chi connectivity index (χ1) is 15.7. The lowest BCUT2D eigenvalue weighted by Gasteiger charge is -2.31. The second-order valence-electron chi connectivity index (χ2n) is 8.70. The summed E-state index contributed by atoms with van der Waals surface area (Å²) in [6.07, 6.45) is 1.52. The number of anilines is 1. The van der Waals surface area contributed by atoms with Crippen molar-refractivity contribution in [3.8, 4) is 0 Å². The lowest BCUT2D eigenvalue weighted by atomic mass is 10.1. The summed E-state index contributed by atoms with van der Waals surface area (Å²) in [6.45, 7) is 10.1. The van der Waals surface area contributed by atoms with Gasteiger partial charge >= 0.3 is 0 Å². The second kappa shape index (κ2) is 11.1. The van der Waals surface area contributed by atoms with Gasteiger partial charge in [-0.2, -0.15) is 0 Å². The number of carbonyl (C=O) groups excluding carboxylic acids is 1. The van der Waals surface area contributed by atoms with E-state index < -0.39 is 16.1 Å². The molecule has 1 saturated heterocycles. The summed E-state index contributed by atoms with van der Waals surface area (Å²) in [7, 11) is -3.66. The first-order valence-corrected chi connectivity index (χ1v) is 13.3. The molecule has 1 N–H and O–H groups in total. The third-order valence-electron chi connectivity index (χ3n) is 5.90. The van der Waals surface area contributed by atoms with Crippen molar-refractivity contribution < 1.29 is 17.9 Å². The van der Waals surface area contributed by atoms with Crippen LogP contribution in [0.2, 0.25) is 0 Å². The Balaban J connectivity index is 1.73. The number of benzene rings is 2. The normalized spacial score (nSPS) is 15.8. The standard InChI is InChI=1S/C25H35N3O4S/c1-5-23(28(33(4,30)31)24-15-19(2)9-10-20(24)3)25(29)26-17-21-7-6-8-22(16-21)18-27-11-13-32-14-12-27/h6-10,15-16,23H,5,11-14,17-18H2,1-4H3,(H,26,29)/t23-/m0/s1. The van der Waals surface area contributed by atoms with Crippen LogP contribution in [0.25, 0.3) is 0 Å². The van der Waals surface area contributed by atoms with Crippen molar-refractivity contribution in [3.63, 3.8) is 0 Å². The third-order valence-corrected chi connectivity index (χ3v) is 7.07. The highest BCUT2D eigenvalue weighted by atomic mass is 32.2. The first-order valence-electron chi connectivity index (χ1n) is 11.4. The van der Waals surface area contributed by atoms with Crippen LogP contribution in [0, 0.1) is 13.8 Å². The van der Waals surface area contributed by atoms with Gasteiger partial charge in [-0.25, -0.2) is 8.42 Å². The van der Waals surface area contributed by atoms with E-state index in [4.69, 9.17) is 4.74 Å². The third kappa shape index (κ3) is 6.79. The molecule has 0 saturated carbocycles. The summed E-state index contributed by atoms with van der Waals surface area (Å²) in [5, 5.41) is 2.96. The Morgan fingerprint density at radius 3 is 2.48 bits per heavy atom. The minimum absolute atomic E-state index is 0.303. The van der Waals surface area contributed by atoms with Gasteiger partial charge < -0.3 is 10.1 Å². The summed E-state index contributed by atoms with van der Waals surface area (Å²) < 4.78 is 32.2. The van der Waals surface area contributed by atoms with Crippen molar-refractivity contribution in [3.05, 3.63) is 64.7 Å². The van der Waals surface area contributed by atoms with Gasteiger partial charge in [-0.15, -0.1) is 0 Å². The van der Waals surface area contributed by atoms with Crippen LogP contribution in [-0.4, -0.2) is 57.8 Å². The SMILES string of the molecule is CC[C@@H](C(=O)NCc1cccc(CN2CCOCC2)c1)N(c1cc(C)ccc1C)S(C)(=O)=O. The molecule has 8 heteroatoms. The van der Waals surface area contributed by atoms with Crippen LogP contribution in [-0.2, 0) is 32.6 Å². The van der Waals surface area contributed by atoms with Crippen molar-refractivity contribution in [2.24, 2.45) is 0 Å². The Labute approximate surface area is 197 Å². The molecule has 0 aliphatic carbocycles. The molecule has 180 valence electrons. The Morgan fingerprint density at radius 1 is 1.12 bits per heavy atom. The monoisotopic (exact) mass is 473 g/mol. The summed E-state index contributed by atoms with van der Waals surface area (Å²) in [4.78, 5) is 15.5. The van der Waals surface area contributed by atoms with E-state index in [1.807, 2.05) is 51.1 Å². The number of ether oxygens (including phenoxy) is 1. The molecular weight excluding hydrogens is 438 g/mol. The van der Waals surface area contributed by atoms with E-state index in [9.17, 15) is 13.2 Å². The van der Waals surface area contributed by atoms with Gasteiger partial charge in [-0.05, 0) is 48.6 Å². The van der Waals surface area contributed by atoms with Crippen LogP contribution in [0.4, 0.5) is 5.69 Å². The second-order valence-corrected chi connectivity index (χ2v) is 10.6. The topological polar surface area (TPSA) is 79.0 Å². The van der Waals surface area contributed by atoms with E-state index in [1.54, 1.807) is 0 Å². The summed E-state index contributed by atoms with van der Waals surface area (Å²) in [5.74, 6) is -0.303. The van der Waals surface area contributed by atoms with Crippen molar-refractivity contribution in [2.75, 3.05) is 36.9 Å². The van der Waals surface area contributed by atoms with Crippen LogP contribution in [0.15, 0.2) is 42.5 Å². The van der Waals surface area contributed by atoms with E-state index in [1.165, 1.54) is 9.87 Å². The van der Waals surface area contributed by atoms with E-state index in [-0.39, 0.29) is 5.91 Å². The molecule has 1 heterocycles. The number of aryl methyl sites for hydroxylation is 2. The van der Waals surface area contributed by atoms with Crippen LogP contribution in [0.3, 0.4) is 0 Å². The minimum Gasteiger partial charge on any atom is -0.379 e. The summed E-state index contributed by atoms with van der Waals surface area (Å²) in [5.41, 5.74) is 4.47. The number of nitrogens with one attached hydrogen (secondary N) is 1. The molecule has 0 unspecified atom stereocenters. The zero-order valence-corrected chi connectivity index (χ0v) is 20.8. The summed E-state index contributed by atoms with van der Waals surface area (Å²) in [6, 6.07) is 13.0. The Morgan fingerprint density at radius 2 is 1.82 bits per heavy atom. The predicted molar refractivity (Wildman–Crippen MR) is 132 cm³/mol. The fraction of sp³-hybridized carbons (Fsp3) is 0.480. The highest BCUT2D eigenvalue weighted by Gasteiger charge is 2.32. The van der Waals surface area contributed by atoms with E-state index in [0.29, 0.717) is 18.7 Å². The lowest BCUT2D eigenvalue weighted by molar-refractivity contribution is -0.122. The summed E-state index contributed by atoms with van der Waals surface area (Å²) >= 11 is 0. The number of sulfonamides is 1. The first kappa shape index (κ1) is 25.2. The highest BCUT2D eigenvalue weighted by molar-refractivity contribution is 7.92. The van der Waals surface area contributed by atoms with Gasteiger partial charge in [0.25, 0.3) is 0 Å². The molecule has 0 spiro atoms. The zero-order chi connectivity index (χ0) is 24.0. The van der Waals surface area contributed by atoms with Crippen LogP contribution < -0.4 is 9.62 Å². The molecule has 1 amide bonds. The van der Waals surface area contributed by atoms with Gasteiger partial charge in [-0.3, -0.25) is 14.0 Å². The minimum atomic E-state index is -3.66. The lowest BCUT2D eigenvalue weighted by Crippen LogP contribution is -2.49. The van der Waals surface area contributed by atoms with Crippen molar-refractivity contribution in [1.82, 2.24) is 10.2 Å². The fourth-order valence-electron chi connectivity index (χ4n) is 4.15. The van der Waals surface area contributed by atoms with E-state index >= 15 is 0 Å². The van der Waals surface area contributed by atoms with Gasteiger partial charge in [0.05, 0.1) is 25.2 Å². The molecule has 1 aliphatic rings. The van der Waals surface area contributed by atoms with E-state index in [0.717, 1.165) is 55.8 Å². The quantitative estimate of drug-likeness (QED) is 0.606. The molecule has 2 aromatic carbocycles. The molecule has 0 radical (unpaired) electrons. The maximum atomic E-state index is 13.2. The molecule has 1 aliphatic heterocycles. The van der Waals surface area contributed by atoms with Crippen molar-refractivity contribution in [2.45, 2.75) is 46.3 Å². The number of nitrogens with zero attached hydrogens (tertiary/aromatic N) is 2. The number of morpholine rings is 1. The van der Waals surface area contributed by atoms with E-state index in [2.05, 4.69) is 22.3 Å². The average molecular weight is 474 g/mol. The molecule has 7 nitrogen and oxygen atoms in total. The highest BCUT2D eigenvalue weighted by Crippen LogP contribution is 2.27. The average Bonchev–Trinajstić information content (AvgIpc) is 2.78. The van der Waals surface area contributed by atoms with Gasteiger partial charge in [0, 0.05) is 26.2 Å². The maximum absolute atomic E-state index is 13.2. The zero-order valence-electron chi connectivity index (χ0n) is 20.0. The molecule has 0 aromatic heterocycles. The fourth-order valence-corrected chi connectivity index (χ4v) is 5.42. The Bertz CT molecular complexity index is 1070. The van der Waals surface area contributed by atoms with Gasteiger partial charge in [0.15, 0.2) is 0 Å². The Hall–Kier alpha value is -2.42. The van der Waals surface area contributed by atoms with Crippen LogP contribution >= 0.6 is 0 Å². The molecular formula is C25H35N3O4S. The number of hydrogen-bond donors (Lipinski definition) is 1. The van der Waals surface area contributed by atoms with Gasteiger partial charge in [-0.1, -0.05) is 43.3 Å². The number of carbonyl (C=O) groups is 1.